The van der Waals surface area contributed by atoms with Crippen LogP contribution >= 0.6 is 11.6 Å². The van der Waals surface area contributed by atoms with E-state index >= 15 is 0 Å². The van der Waals surface area contributed by atoms with Gasteiger partial charge in [-0.05, 0) is 30.9 Å². The number of carboxylic acid groups (broad SMARTS) is 1. The van der Waals surface area contributed by atoms with Crippen LogP contribution in [0.5, 0.6) is 0 Å². The van der Waals surface area contributed by atoms with Crippen molar-refractivity contribution in [1.29, 1.82) is 0 Å². The molecule has 0 saturated heterocycles. The number of carbonyl (C=O) groups is 2. The molecule has 1 rings (SSSR count). The van der Waals surface area contributed by atoms with Crippen LogP contribution in [0.4, 0.5) is 0 Å². The molecule has 0 bridgehead atoms. The van der Waals surface area contributed by atoms with Gasteiger partial charge in [0.15, 0.2) is 0 Å². The monoisotopic (exact) mass is 283 g/mol. The number of benzene rings is 1. The van der Waals surface area contributed by atoms with E-state index in [1.54, 1.807) is 6.07 Å². The fourth-order valence-corrected chi connectivity index (χ4v) is 1.98. The van der Waals surface area contributed by atoms with Gasteiger partial charge in [-0.15, -0.1) is 0 Å². The van der Waals surface area contributed by atoms with E-state index in [1.807, 2.05) is 25.1 Å². The molecule has 0 aliphatic rings. The summed E-state index contributed by atoms with van der Waals surface area (Å²) in [6, 6.07) is 6.43. The molecule has 0 heterocycles. The number of aliphatic carboxylic acids is 1. The van der Waals surface area contributed by atoms with E-state index < -0.39 is 12.0 Å². The first-order valence-corrected chi connectivity index (χ1v) is 6.68. The van der Waals surface area contributed by atoms with Gasteiger partial charge in [0.1, 0.15) is 6.04 Å². The van der Waals surface area contributed by atoms with Crippen LogP contribution in [0.2, 0.25) is 5.02 Å². The van der Waals surface area contributed by atoms with Crippen molar-refractivity contribution in [2.24, 2.45) is 0 Å². The maximum Gasteiger partial charge on any atom is 0.326 e. The summed E-state index contributed by atoms with van der Waals surface area (Å²) < 4.78 is 0. The molecule has 0 aliphatic heterocycles. The van der Waals surface area contributed by atoms with Crippen molar-refractivity contribution in [2.45, 2.75) is 38.6 Å². The molecule has 1 aromatic rings. The molecule has 1 aromatic carbocycles. The number of nitrogens with one attached hydrogen (secondary N) is 1. The Morgan fingerprint density at radius 3 is 2.63 bits per heavy atom. The summed E-state index contributed by atoms with van der Waals surface area (Å²) in [6.07, 6.45) is 1.89. The van der Waals surface area contributed by atoms with Crippen LogP contribution < -0.4 is 5.32 Å². The summed E-state index contributed by atoms with van der Waals surface area (Å²) in [5, 5.41) is 12.2. The Kier molecular flexibility index (Phi) is 6.36. The minimum atomic E-state index is -1.02. The zero-order chi connectivity index (χ0) is 14.3. The van der Waals surface area contributed by atoms with Crippen LogP contribution in [0.1, 0.15) is 31.7 Å². The smallest absolute Gasteiger partial charge is 0.326 e. The molecule has 2 N–H and O–H groups in total. The maximum absolute atomic E-state index is 11.4. The zero-order valence-corrected chi connectivity index (χ0v) is 11.6. The van der Waals surface area contributed by atoms with Gasteiger partial charge in [-0.3, -0.25) is 4.79 Å². The third-order valence-electron chi connectivity index (χ3n) is 2.77. The maximum atomic E-state index is 11.4. The van der Waals surface area contributed by atoms with Gasteiger partial charge in [-0.1, -0.05) is 36.7 Å². The molecule has 0 fully saturated rings. The SMILES string of the molecule is CCCC(=O)N[C@@H](CCc1ccccc1Cl)C(=O)O. The molecule has 0 spiro atoms. The Bertz CT molecular complexity index is 448. The van der Waals surface area contributed by atoms with Crippen molar-refractivity contribution >= 4 is 23.5 Å². The Morgan fingerprint density at radius 2 is 2.05 bits per heavy atom. The first-order valence-electron chi connectivity index (χ1n) is 6.30. The van der Waals surface area contributed by atoms with Crippen molar-refractivity contribution in [1.82, 2.24) is 5.32 Å². The van der Waals surface area contributed by atoms with Gasteiger partial charge >= 0.3 is 5.97 Å². The number of amides is 1. The molecule has 19 heavy (non-hydrogen) atoms. The van der Waals surface area contributed by atoms with Gasteiger partial charge in [0.05, 0.1) is 0 Å². The summed E-state index contributed by atoms with van der Waals surface area (Å²) in [4.78, 5) is 22.5. The lowest BCUT2D eigenvalue weighted by atomic mass is 10.0. The van der Waals surface area contributed by atoms with E-state index in [1.165, 1.54) is 0 Å². The lowest BCUT2D eigenvalue weighted by molar-refractivity contribution is -0.142. The fraction of sp³-hybridized carbons (Fsp3) is 0.429. The van der Waals surface area contributed by atoms with Crippen LogP contribution in [0.25, 0.3) is 0 Å². The number of carbonyl (C=O) groups excluding carboxylic acids is 1. The zero-order valence-electron chi connectivity index (χ0n) is 10.9. The average molecular weight is 284 g/mol. The van der Waals surface area contributed by atoms with Gasteiger partial charge in [0.2, 0.25) is 5.91 Å². The van der Waals surface area contributed by atoms with Gasteiger partial charge in [-0.2, -0.15) is 0 Å². The topological polar surface area (TPSA) is 66.4 Å². The van der Waals surface area contributed by atoms with Crippen LogP contribution in [0.15, 0.2) is 24.3 Å². The van der Waals surface area contributed by atoms with E-state index in [0.717, 1.165) is 5.56 Å². The summed E-state index contributed by atoms with van der Waals surface area (Å²) >= 11 is 6.01. The van der Waals surface area contributed by atoms with Gasteiger partial charge < -0.3 is 10.4 Å². The molecule has 0 radical (unpaired) electrons. The fourth-order valence-electron chi connectivity index (χ4n) is 1.75. The van der Waals surface area contributed by atoms with E-state index in [4.69, 9.17) is 16.7 Å². The number of carboxylic acids is 1. The summed E-state index contributed by atoms with van der Waals surface area (Å²) in [7, 11) is 0. The minimum Gasteiger partial charge on any atom is -0.480 e. The molecule has 5 heteroatoms. The number of rotatable bonds is 7. The summed E-state index contributed by atoms with van der Waals surface area (Å²) in [5.74, 6) is -1.24. The second kappa shape index (κ2) is 7.79. The third kappa shape index (κ3) is 5.30. The molecular weight excluding hydrogens is 266 g/mol. The van der Waals surface area contributed by atoms with E-state index in [9.17, 15) is 9.59 Å². The van der Waals surface area contributed by atoms with Crippen molar-refractivity contribution in [3.8, 4) is 0 Å². The molecule has 4 nitrogen and oxygen atoms in total. The molecule has 0 aromatic heterocycles. The van der Waals surface area contributed by atoms with Crippen molar-refractivity contribution in [3.05, 3.63) is 34.9 Å². The Balaban J connectivity index is 2.57. The van der Waals surface area contributed by atoms with Crippen LogP contribution in [-0.4, -0.2) is 23.0 Å². The first-order chi connectivity index (χ1) is 9.04. The van der Waals surface area contributed by atoms with Crippen LogP contribution in [0.3, 0.4) is 0 Å². The summed E-state index contributed by atoms with van der Waals surface area (Å²) in [5.41, 5.74) is 0.889. The summed E-state index contributed by atoms with van der Waals surface area (Å²) in [6.45, 7) is 1.87. The number of halogens is 1. The minimum absolute atomic E-state index is 0.228. The molecule has 0 saturated carbocycles. The van der Waals surface area contributed by atoms with Crippen LogP contribution in [-0.2, 0) is 16.0 Å². The highest BCUT2D eigenvalue weighted by Crippen LogP contribution is 2.17. The predicted octanol–water partition coefficient (Wildman–Crippen LogP) is 2.64. The van der Waals surface area contributed by atoms with E-state index in [0.29, 0.717) is 30.7 Å². The number of hydrogen-bond acceptors (Lipinski definition) is 2. The molecule has 1 atom stereocenters. The highest BCUT2D eigenvalue weighted by molar-refractivity contribution is 6.31. The second-order valence-corrected chi connectivity index (χ2v) is 4.75. The first kappa shape index (κ1) is 15.5. The van der Waals surface area contributed by atoms with Crippen molar-refractivity contribution in [2.75, 3.05) is 0 Å². The molecule has 0 unspecified atom stereocenters. The van der Waals surface area contributed by atoms with Crippen molar-refractivity contribution in [3.63, 3.8) is 0 Å². The molecule has 0 aliphatic carbocycles. The van der Waals surface area contributed by atoms with Crippen LogP contribution in [0, 0.1) is 0 Å². The highest BCUT2D eigenvalue weighted by Gasteiger charge is 2.19. The Hall–Kier alpha value is -1.55. The standard InChI is InChI=1S/C14H18ClNO3/c1-2-5-13(17)16-12(14(18)19)9-8-10-6-3-4-7-11(10)15/h3-4,6-7,12H,2,5,8-9H2,1H3,(H,16,17)(H,18,19)/t12-/m0/s1. The Labute approximate surface area is 117 Å². The lowest BCUT2D eigenvalue weighted by Gasteiger charge is -2.14. The van der Waals surface area contributed by atoms with Gasteiger partial charge in [0.25, 0.3) is 0 Å². The van der Waals surface area contributed by atoms with E-state index in [-0.39, 0.29) is 5.91 Å². The molecule has 104 valence electrons. The largest absolute Gasteiger partial charge is 0.480 e. The normalized spacial score (nSPS) is 11.9. The van der Waals surface area contributed by atoms with E-state index in [2.05, 4.69) is 5.32 Å². The highest BCUT2D eigenvalue weighted by atomic mass is 35.5. The lowest BCUT2D eigenvalue weighted by Crippen LogP contribution is -2.40. The second-order valence-electron chi connectivity index (χ2n) is 4.34. The quantitative estimate of drug-likeness (QED) is 0.808. The van der Waals surface area contributed by atoms with Gasteiger partial charge in [0, 0.05) is 11.4 Å². The molecule has 1 amide bonds. The predicted molar refractivity (Wildman–Crippen MR) is 74.2 cm³/mol. The van der Waals surface area contributed by atoms with Gasteiger partial charge in [-0.25, -0.2) is 4.79 Å². The average Bonchev–Trinajstić information content (AvgIpc) is 2.36. The number of hydrogen-bond donors (Lipinski definition) is 2. The molecular formula is C14H18ClNO3. The Morgan fingerprint density at radius 1 is 1.37 bits per heavy atom. The number of aryl methyl sites for hydroxylation is 1. The van der Waals surface area contributed by atoms with Crippen molar-refractivity contribution < 1.29 is 14.7 Å². The third-order valence-corrected chi connectivity index (χ3v) is 3.14.